The lowest BCUT2D eigenvalue weighted by Crippen LogP contribution is -2.12. The molecule has 2 rings (SSSR count). The molecule has 1 unspecified atom stereocenters. The molecule has 1 aliphatic carbocycles. The van der Waals surface area contributed by atoms with E-state index in [2.05, 4.69) is 27.8 Å². The van der Waals surface area contributed by atoms with E-state index >= 15 is 0 Å². The van der Waals surface area contributed by atoms with E-state index in [1.165, 1.54) is 12.8 Å². The Morgan fingerprint density at radius 2 is 2.27 bits per heavy atom. The standard InChI is InChI=1S/C10H18N4O/c1-7(8-3-4-8)5-12-10-14-13-9(15-10)6-11-2/h7-8,11H,3-6H2,1-2H3,(H,12,14). The Bertz CT molecular complexity index is 308. The summed E-state index contributed by atoms with van der Waals surface area (Å²) in [4.78, 5) is 0. The molecule has 0 spiro atoms. The fraction of sp³-hybridized carbons (Fsp3) is 0.800. The maximum atomic E-state index is 5.38. The lowest BCUT2D eigenvalue weighted by Gasteiger charge is -2.08. The van der Waals surface area contributed by atoms with Crippen molar-refractivity contribution in [3.8, 4) is 0 Å². The predicted molar refractivity (Wildman–Crippen MR) is 57.4 cm³/mol. The molecule has 5 heteroatoms. The van der Waals surface area contributed by atoms with Crippen LogP contribution in [0.3, 0.4) is 0 Å². The average molecular weight is 210 g/mol. The van der Waals surface area contributed by atoms with Crippen LogP contribution in [0.2, 0.25) is 0 Å². The molecule has 1 aromatic rings. The van der Waals surface area contributed by atoms with E-state index in [0.717, 1.165) is 12.5 Å². The molecule has 1 fully saturated rings. The minimum Gasteiger partial charge on any atom is -0.407 e. The highest BCUT2D eigenvalue weighted by molar-refractivity contribution is 5.17. The number of hydrogen-bond acceptors (Lipinski definition) is 5. The maximum absolute atomic E-state index is 5.38. The fourth-order valence-electron chi connectivity index (χ4n) is 1.63. The van der Waals surface area contributed by atoms with Crippen LogP contribution in [0.5, 0.6) is 0 Å². The molecule has 1 aliphatic rings. The summed E-state index contributed by atoms with van der Waals surface area (Å²) in [6, 6.07) is 0.535. The van der Waals surface area contributed by atoms with Crippen molar-refractivity contribution in [2.24, 2.45) is 11.8 Å². The predicted octanol–water partition coefficient (Wildman–Crippen LogP) is 1.25. The summed E-state index contributed by atoms with van der Waals surface area (Å²) in [5, 5.41) is 14.0. The van der Waals surface area contributed by atoms with Crippen LogP contribution in [0.15, 0.2) is 4.42 Å². The van der Waals surface area contributed by atoms with Crippen LogP contribution >= 0.6 is 0 Å². The summed E-state index contributed by atoms with van der Waals surface area (Å²) in [5.74, 6) is 2.22. The van der Waals surface area contributed by atoms with Crippen molar-refractivity contribution in [1.82, 2.24) is 15.5 Å². The fourth-order valence-corrected chi connectivity index (χ4v) is 1.63. The molecular weight excluding hydrogens is 192 g/mol. The van der Waals surface area contributed by atoms with Gasteiger partial charge in [0.2, 0.25) is 5.89 Å². The largest absolute Gasteiger partial charge is 0.407 e. The first-order chi connectivity index (χ1) is 7.29. The van der Waals surface area contributed by atoms with Gasteiger partial charge in [-0.15, -0.1) is 5.10 Å². The molecule has 0 amide bonds. The highest BCUT2D eigenvalue weighted by Crippen LogP contribution is 2.36. The number of hydrogen-bond donors (Lipinski definition) is 2. The first-order valence-corrected chi connectivity index (χ1v) is 5.50. The molecule has 2 N–H and O–H groups in total. The van der Waals surface area contributed by atoms with E-state index < -0.39 is 0 Å². The van der Waals surface area contributed by atoms with Gasteiger partial charge in [-0.05, 0) is 31.7 Å². The van der Waals surface area contributed by atoms with Gasteiger partial charge in [0.15, 0.2) is 0 Å². The molecule has 0 bridgehead atoms. The molecule has 0 aromatic carbocycles. The van der Waals surface area contributed by atoms with Gasteiger partial charge in [0, 0.05) is 6.54 Å². The quantitative estimate of drug-likeness (QED) is 0.739. The van der Waals surface area contributed by atoms with Gasteiger partial charge in [-0.3, -0.25) is 0 Å². The smallest absolute Gasteiger partial charge is 0.315 e. The minimum absolute atomic E-state index is 0.535. The Morgan fingerprint density at radius 1 is 1.47 bits per heavy atom. The SMILES string of the molecule is CNCc1nnc(NCC(C)C2CC2)o1. The van der Waals surface area contributed by atoms with Crippen LogP contribution in [0.25, 0.3) is 0 Å². The van der Waals surface area contributed by atoms with Gasteiger partial charge < -0.3 is 15.1 Å². The molecule has 84 valence electrons. The second kappa shape index (κ2) is 4.61. The molecule has 1 heterocycles. The summed E-state index contributed by atoms with van der Waals surface area (Å²) in [5.41, 5.74) is 0. The number of nitrogens with zero attached hydrogens (tertiary/aromatic N) is 2. The van der Waals surface area contributed by atoms with Crippen molar-refractivity contribution in [1.29, 1.82) is 0 Å². The molecule has 0 radical (unpaired) electrons. The van der Waals surface area contributed by atoms with Gasteiger partial charge >= 0.3 is 6.01 Å². The number of aromatic nitrogens is 2. The van der Waals surface area contributed by atoms with E-state index in [1.54, 1.807) is 0 Å². The molecule has 1 aromatic heterocycles. The lowest BCUT2D eigenvalue weighted by molar-refractivity contribution is 0.477. The van der Waals surface area contributed by atoms with Crippen molar-refractivity contribution in [3.05, 3.63) is 5.89 Å². The van der Waals surface area contributed by atoms with E-state index in [4.69, 9.17) is 4.42 Å². The molecule has 0 aliphatic heterocycles. The van der Waals surface area contributed by atoms with Crippen molar-refractivity contribution in [2.45, 2.75) is 26.3 Å². The highest BCUT2D eigenvalue weighted by atomic mass is 16.4. The average Bonchev–Trinajstić information content (AvgIpc) is 2.98. The molecule has 1 saturated carbocycles. The van der Waals surface area contributed by atoms with Gasteiger partial charge in [0.1, 0.15) is 0 Å². The normalized spacial score (nSPS) is 17.7. The summed E-state index contributed by atoms with van der Waals surface area (Å²) in [7, 11) is 1.85. The van der Waals surface area contributed by atoms with Crippen LogP contribution in [-0.2, 0) is 6.54 Å². The second-order valence-electron chi connectivity index (χ2n) is 4.23. The van der Waals surface area contributed by atoms with E-state index in [0.29, 0.717) is 24.4 Å². The van der Waals surface area contributed by atoms with Crippen LogP contribution in [0, 0.1) is 11.8 Å². The zero-order valence-electron chi connectivity index (χ0n) is 9.29. The molecule has 0 saturated heterocycles. The van der Waals surface area contributed by atoms with Gasteiger partial charge in [-0.2, -0.15) is 0 Å². The Kier molecular flexibility index (Phi) is 3.20. The number of rotatable bonds is 6. The Hall–Kier alpha value is -1.10. The third-order valence-corrected chi connectivity index (χ3v) is 2.80. The number of anilines is 1. The lowest BCUT2D eigenvalue weighted by atomic mass is 10.1. The van der Waals surface area contributed by atoms with Gasteiger partial charge in [-0.1, -0.05) is 12.0 Å². The van der Waals surface area contributed by atoms with Crippen LogP contribution in [0.1, 0.15) is 25.7 Å². The third kappa shape index (κ3) is 2.92. The second-order valence-corrected chi connectivity index (χ2v) is 4.23. The first-order valence-electron chi connectivity index (χ1n) is 5.50. The van der Waals surface area contributed by atoms with Crippen molar-refractivity contribution < 1.29 is 4.42 Å². The molecule has 1 atom stereocenters. The summed E-state index contributed by atoms with van der Waals surface area (Å²) >= 11 is 0. The molecule has 5 nitrogen and oxygen atoms in total. The highest BCUT2D eigenvalue weighted by Gasteiger charge is 2.27. The van der Waals surface area contributed by atoms with Crippen LogP contribution in [0.4, 0.5) is 6.01 Å². The monoisotopic (exact) mass is 210 g/mol. The molecule has 15 heavy (non-hydrogen) atoms. The van der Waals surface area contributed by atoms with Crippen molar-refractivity contribution in [3.63, 3.8) is 0 Å². The topological polar surface area (TPSA) is 63.0 Å². The Labute approximate surface area is 89.6 Å². The minimum atomic E-state index is 0.535. The van der Waals surface area contributed by atoms with E-state index in [9.17, 15) is 0 Å². The van der Waals surface area contributed by atoms with Gasteiger partial charge in [0.25, 0.3) is 0 Å². The van der Waals surface area contributed by atoms with Crippen molar-refractivity contribution in [2.75, 3.05) is 18.9 Å². The molecular formula is C10H18N4O. The summed E-state index contributed by atoms with van der Waals surface area (Å²) < 4.78 is 5.38. The zero-order chi connectivity index (χ0) is 10.7. The van der Waals surface area contributed by atoms with Gasteiger partial charge in [0.05, 0.1) is 6.54 Å². The Balaban J connectivity index is 1.76. The van der Waals surface area contributed by atoms with Crippen molar-refractivity contribution >= 4 is 6.01 Å². The third-order valence-electron chi connectivity index (χ3n) is 2.80. The van der Waals surface area contributed by atoms with Gasteiger partial charge in [-0.25, -0.2) is 0 Å². The summed E-state index contributed by atoms with van der Waals surface area (Å²) in [6.45, 7) is 3.80. The first kappa shape index (κ1) is 10.4. The van der Waals surface area contributed by atoms with Crippen LogP contribution in [-0.4, -0.2) is 23.8 Å². The Morgan fingerprint density at radius 3 is 2.93 bits per heavy atom. The van der Waals surface area contributed by atoms with Crippen LogP contribution < -0.4 is 10.6 Å². The summed E-state index contributed by atoms with van der Waals surface area (Å²) in [6.07, 6.45) is 2.75. The van der Waals surface area contributed by atoms with E-state index in [-0.39, 0.29) is 0 Å². The zero-order valence-corrected chi connectivity index (χ0v) is 9.29. The maximum Gasteiger partial charge on any atom is 0.315 e. The number of nitrogens with one attached hydrogen (secondary N) is 2. The van der Waals surface area contributed by atoms with E-state index in [1.807, 2.05) is 7.05 Å².